The first-order valence-electron chi connectivity index (χ1n) is 5.56. The monoisotopic (exact) mass is 313 g/mol. The Labute approximate surface area is 121 Å². The van der Waals surface area contributed by atoms with E-state index in [-0.39, 0.29) is 10.8 Å². The van der Waals surface area contributed by atoms with Gasteiger partial charge in [-0.15, -0.1) is 0 Å². The number of hydrogen-bond acceptors (Lipinski definition) is 3. The van der Waals surface area contributed by atoms with Gasteiger partial charge in [0, 0.05) is 11.9 Å². The zero-order chi connectivity index (χ0) is 14.9. The predicted molar refractivity (Wildman–Crippen MR) is 76.3 cm³/mol. The Kier molecular flexibility index (Phi) is 3.85. The molecule has 0 bridgehead atoms. The van der Waals surface area contributed by atoms with Gasteiger partial charge in [-0.25, -0.2) is 13.6 Å². The second-order valence-corrected chi connectivity index (χ2v) is 6.21. The highest BCUT2D eigenvalue weighted by Crippen LogP contribution is 2.20. The molecule has 0 spiro atoms. The minimum absolute atomic E-state index is 0.00378. The van der Waals surface area contributed by atoms with Crippen LogP contribution in [0.1, 0.15) is 16.1 Å². The molecule has 0 saturated carbocycles. The van der Waals surface area contributed by atoms with Crippen molar-refractivity contribution in [3.8, 4) is 0 Å². The van der Waals surface area contributed by atoms with Crippen LogP contribution in [0, 0.1) is 6.92 Å². The molecular weight excluding hydrogens is 302 g/mol. The van der Waals surface area contributed by atoms with Crippen molar-refractivity contribution in [3.63, 3.8) is 0 Å². The topological polar surface area (TPSA) is 105 Å². The average molecular weight is 314 g/mol. The quantitative estimate of drug-likeness (QED) is 0.805. The third-order valence-corrected chi connectivity index (χ3v) is 3.80. The number of carbonyl (C=O) groups is 1. The summed E-state index contributed by atoms with van der Waals surface area (Å²) in [5.41, 5.74) is 1.39. The Morgan fingerprint density at radius 2 is 2.05 bits per heavy atom. The second kappa shape index (κ2) is 5.28. The number of carbonyl (C=O) groups excluding carboxylic acids is 1. The Morgan fingerprint density at radius 3 is 2.55 bits per heavy atom. The predicted octanol–water partition coefficient (Wildman–Crippen LogP) is 1.88. The molecular formula is C12H12ClN3O3S. The van der Waals surface area contributed by atoms with Gasteiger partial charge < -0.3 is 10.3 Å². The van der Waals surface area contributed by atoms with E-state index in [9.17, 15) is 13.2 Å². The molecule has 1 heterocycles. The molecule has 1 amide bonds. The smallest absolute Gasteiger partial charge is 0.272 e. The minimum atomic E-state index is -3.76. The fourth-order valence-electron chi connectivity index (χ4n) is 1.64. The molecule has 0 aliphatic rings. The van der Waals surface area contributed by atoms with E-state index in [1.54, 1.807) is 6.92 Å². The zero-order valence-corrected chi connectivity index (χ0v) is 12.0. The number of anilines is 1. The molecule has 2 rings (SSSR count). The first kappa shape index (κ1) is 14.6. The maximum absolute atomic E-state index is 11.9. The average Bonchev–Trinajstić information content (AvgIpc) is 2.77. The van der Waals surface area contributed by atoms with E-state index in [1.165, 1.54) is 30.5 Å². The fraction of sp³-hybridized carbons (Fsp3) is 0.0833. The Balaban J connectivity index is 2.25. The summed E-state index contributed by atoms with van der Waals surface area (Å²) in [5, 5.41) is 8.12. The van der Waals surface area contributed by atoms with Gasteiger partial charge in [-0.2, -0.15) is 0 Å². The van der Waals surface area contributed by atoms with Crippen LogP contribution in [0.2, 0.25) is 5.02 Å². The van der Waals surface area contributed by atoms with Gasteiger partial charge >= 0.3 is 0 Å². The highest BCUT2D eigenvalue weighted by atomic mass is 35.5. The number of halogens is 1. The second-order valence-electron chi connectivity index (χ2n) is 4.21. The van der Waals surface area contributed by atoms with Crippen LogP contribution in [0.25, 0.3) is 0 Å². The van der Waals surface area contributed by atoms with Gasteiger partial charge in [0.15, 0.2) is 0 Å². The lowest BCUT2D eigenvalue weighted by molar-refractivity contribution is 0.102. The van der Waals surface area contributed by atoms with Gasteiger partial charge in [0.1, 0.15) is 5.69 Å². The van der Waals surface area contributed by atoms with Crippen LogP contribution < -0.4 is 10.5 Å². The normalized spacial score (nSPS) is 11.3. The largest absolute Gasteiger partial charge is 0.356 e. The van der Waals surface area contributed by atoms with Gasteiger partial charge in [-0.05, 0) is 36.8 Å². The molecule has 4 N–H and O–H groups in total. The van der Waals surface area contributed by atoms with Crippen LogP contribution in [-0.4, -0.2) is 19.3 Å². The maximum Gasteiger partial charge on any atom is 0.272 e. The first-order chi connectivity index (χ1) is 9.27. The number of hydrogen-bond donors (Lipinski definition) is 3. The number of aryl methyl sites for hydroxylation is 1. The van der Waals surface area contributed by atoms with Gasteiger partial charge in [-0.3, -0.25) is 4.79 Å². The van der Waals surface area contributed by atoms with Crippen molar-refractivity contribution in [1.29, 1.82) is 0 Å². The Morgan fingerprint density at radius 1 is 1.35 bits per heavy atom. The van der Waals surface area contributed by atoms with Gasteiger partial charge in [0.05, 0.1) is 9.92 Å². The highest BCUT2D eigenvalue weighted by molar-refractivity contribution is 7.89. The van der Waals surface area contributed by atoms with E-state index in [0.29, 0.717) is 22.0 Å². The lowest BCUT2D eigenvalue weighted by atomic mass is 10.2. The number of nitrogens with two attached hydrogens (primary N) is 1. The number of H-pyrrole nitrogens is 1. The number of primary sulfonamides is 1. The molecule has 8 heteroatoms. The van der Waals surface area contributed by atoms with Crippen LogP contribution in [0.3, 0.4) is 0 Å². The summed E-state index contributed by atoms with van der Waals surface area (Å²) in [7, 11) is -3.76. The van der Waals surface area contributed by atoms with E-state index in [4.69, 9.17) is 16.7 Å². The third-order valence-electron chi connectivity index (χ3n) is 2.67. The molecule has 0 aliphatic carbocycles. The van der Waals surface area contributed by atoms with Crippen molar-refractivity contribution in [2.45, 2.75) is 11.8 Å². The number of sulfonamides is 1. The molecule has 0 unspecified atom stereocenters. The summed E-state index contributed by atoms with van der Waals surface area (Å²) in [6, 6.07) is 5.70. The standard InChI is InChI=1S/C12H12ClN3O3S/c1-7-4-9(20(14,18)19)2-3-10(7)16-12(17)11-5-8(13)6-15-11/h2-6,15H,1H3,(H,16,17)(H2,14,18,19). The van der Waals surface area contributed by atoms with E-state index < -0.39 is 10.0 Å². The molecule has 6 nitrogen and oxygen atoms in total. The summed E-state index contributed by atoms with van der Waals surface area (Å²) in [4.78, 5) is 14.6. The van der Waals surface area contributed by atoms with Crippen molar-refractivity contribution in [1.82, 2.24) is 4.98 Å². The third kappa shape index (κ3) is 3.19. The van der Waals surface area contributed by atoms with Crippen LogP contribution in [0.5, 0.6) is 0 Å². The van der Waals surface area contributed by atoms with E-state index in [2.05, 4.69) is 10.3 Å². The van der Waals surface area contributed by atoms with E-state index in [1.807, 2.05) is 0 Å². The highest BCUT2D eigenvalue weighted by Gasteiger charge is 2.13. The van der Waals surface area contributed by atoms with Crippen molar-refractivity contribution in [2.24, 2.45) is 5.14 Å². The van der Waals surface area contributed by atoms with Crippen LogP contribution in [-0.2, 0) is 10.0 Å². The van der Waals surface area contributed by atoms with Gasteiger partial charge in [0.2, 0.25) is 10.0 Å². The Bertz CT molecular complexity index is 768. The van der Waals surface area contributed by atoms with Gasteiger partial charge in [-0.1, -0.05) is 11.6 Å². The maximum atomic E-state index is 11.9. The summed E-state index contributed by atoms with van der Waals surface area (Å²) < 4.78 is 22.4. The zero-order valence-electron chi connectivity index (χ0n) is 10.5. The lowest BCUT2D eigenvalue weighted by Gasteiger charge is -2.08. The molecule has 106 valence electrons. The van der Waals surface area contributed by atoms with Crippen molar-refractivity contribution >= 4 is 33.2 Å². The number of amides is 1. The Hall–Kier alpha value is -1.83. The molecule has 2 aromatic rings. The number of rotatable bonds is 3. The minimum Gasteiger partial charge on any atom is -0.356 e. The van der Waals surface area contributed by atoms with E-state index in [0.717, 1.165) is 0 Å². The summed E-state index contributed by atoms with van der Waals surface area (Å²) >= 11 is 5.72. The molecule has 0 saturated heterocycles. The van der Waals surface area contributed by atoms with Crippen LogP contribution >= 0.6 is 11.6 Å². The summed E-state index contributed by atoms with van der Waals surface area (Å²) in [5.74, 6) is -0.372. The SMILES string of the molecule is Cc1cc(S(N)(=O)=O)ccc1NC(=O)c1cc(Cl)c[nH]1. The number of aromatic nitrogens is 1. The molecule has 0 fully saturated rings. The van der Waals surface area contributed by atoms with Crippen LogP contribution in [0.4, 0.5) is 5.69 Å². The molecule has 0 radical (unpaired) electrons. The van der Waals surface area contributed by atoms with E-state index >= 15 is 0 Å². The lowest BCUT2D eigenvalue weighted by Crippen LogP contribution is -2.15. The molecule has 0 aliphatic heterocycles. The number of aromatic amines is 1. The fourth-order valence-corrected chi connectivity index (χ4v) is 2.40. The summed E-state index contributed by atoms with van der Waals surface area (Å²) in [6.07, 6.45) is 1.49. The molecule has 0 atom stereocenters. The molecule has 1 aromatic heterocycles. The molecule has 20 heavy (non-hydrogen) atoms. The van der Waals surface area contributed by atoms with Crippen molar-refractivity contribution < 1.29 is 13.2 Å². The first-order valence-corrected chi connectivity index (χ1v) is 7.48. The molecule has 1 aromatic carbocycles. The van der Waals surface area contributed by atoms with Crippen molar-refractivity contribution in [2.75, 3.05) is 5.32 Å². The number of benzene rings is 1. The van der Waals surface area contributed by atoms with Gasteiger partial charge in [0.25, 0.3) is 5.91 Å². The van der Waals surface area contributed by atoms with Crippen LogP contribution in [0.15, 0.2) is 35.4 Å². The van der Waals surface area contributed by atoms with Crippen molar-refractivity contribution in [3.05, 3.63) is 46.7 Å². The number of nitrogens with one attached hydrogen (secondary N) is 2. The summed E-state index contributed by atoms with van der Waals surface area (Å²) in [6.45, 7) is 1.67.